The van der Waals surface area contributed by atoms with Gasteiger partial charge in [0.15, 0.2) is 0 Å². The van der Waals surface area contributed by atoms with E-state index in [1.165, 1.54) is 0 Å². The third kappa shape index (κ3) is 4.80. The van der Waals surface area contributed by atoms with E-state index in [0.29, 0.717) is 27.7 Å². The van der Waals surface area contributed by atoms with Crippen LogP contribution in [-0.4, -0.2) is 20.7 Å². The Morgan fingerprint density at radius 2 is 1.78 bits per heavy atom. The standard InChI is InChI=1S/C25H20ClN5O/c1-16-3-4-19(25(32)30-23-9-7-22(26)8-10-23)11-17(16)5-6-18-12-20(13-28-24(18)27)21-14-29-31(2)15-21/h3-4,7-15H,1-2H3,(H2,27,28)(H,30,32). The Hall–Kier alpha value is -4.08. The average molecular weight is 442 g/mol. The van der Waals surface area contributed by atoms with E-state index in [-0.39, 0.29) is 5.91 Å². The number of nitrogens with two attached hydrogens (primary N) is 1. The molecular formula is C25H20ClN5O. The van der Waals surface area contributed by atoms with Gasteiger partial charge in [0, 0.05) is 52.4 Å². The number of anilines is 2. The number of hydrogen-bond acceptors (Lipinski definition) is 4. The molecule has 0 saturated carbocycles. The third-order valence-electron chi connectivity index (χ3n) is 4.89. The Balaban J connectivity index is 1.60. The zero-order valence-electron chi connectivity index (χ0n) is 17.6. The zero-order valence-corrected chi connectivity index (χ0v) is 18.3. The molecule has 0 aliphatic carbocycles. The van der Waals surface area contributed by atoms with Gasteiger partial charge in [-0.25, -0.2) is 4.98 Å². The fourth-order valence-electron chi connectivity index (χ4n) is 3.07. The molecule has 0 spiro atoms. The Morgan fingerprint density at radius 1 is 1.03 bits per heavy atom. The maximum Gasteiger partial charge on any atom is 0.255 e. The van der Waals surface area contributed by atoms with Crippen molar-refractivity contribution in [1.82, 2.24) is 14.8 Å². The topological polar surface area (TPSA) is 85.8 Å². The molecule has 1 amide bonds. The van der Waals surface area contributed by atoms with Crippen molar-refractivity contribution in [3.8, 4) is 23.0 Å². The number of nitrogen functional groups attached to an aromatic ring is 1. The molecule has 0 atom stereocenters. The summed E-state index contributed by atoms with van der Waals surface area (Å²) in [5, 5.41) is 7.66. The van der Waals surface area contributed by atoms with Gasteiger partial charge in [-0.2, -0.15) is 5.10 Å². The first kappa shape index (κ1) is 21.2. The Morgan fingerprint density at radius 3 is 2.50 bits per heavy atom. The summed E-state index contributed by atoms with van der Waals surface area (Å²) < 4.78 is 1.72. The van der Waals surface area contributed by atoms with Gasteiger partial charge in [-0.1, -0.05) is 29.5 Å². The number of carbonyl (C=O) groups is 1. The lowest BCUT2D eigenvalue weighted by atomic mass is 10.0. The molecule has 4 rings (SSSR count). The molecule has 0 bridgehead atoms. The fraction of sp³-hybridized carbons (Fsp3) is 0.0800. The minimum Gasteiger partial charge on any atom is -0.383 e. The van der Waals surface area contributed by atoms with Crippen LogP contribution in [0.3, 0.4) is 0 Å². The second kappa shape index (κ2) is 8.96. The highest BCUT2D eigenvalue weighted by Gasteiger charge is 2.09. The number of benzene rings is 2. The van der Waals surface area contributed by atoms with Crippen LogP contribution in [0.15, 0.2) is 67.1 Å². The van der Waals surface area contributed by atoms with Gasteiger partial charge in [0.25, 0.3) is 5.91 Å². The maximum absolute atomic E-state index is 12.7. The van der Waals surface area contributed by atoms with E-state index in [4.69, 9.17) is 17.3 Å². The molecule has 2 aromatic heterocycles. The summed E-state index contributed by atoms with van der Waals surface area (Å²) >= 11 is 5.90. The molecule has 0 aliphatic rings. The quantitative estimate of drug-likeness (QED) is 0.452. The van der Waals surface area contributed by atoms with E-state index in [0.717, 1.165) is 22.3 Å². The zero-order chi connectivity index (χ0) is 22.7. The number of nitrogens with zero attached hydrogens (tertiary/aromatic N) is 3. The minimum absolute atomic E-state index is 0.227. The lowest BCUT2D eigenvalue weighted by Gasteiger charge is -2.07. The van der Waals surface area contributed by atoms with Crippen LogP contribution in [0.5, 0.6) is 0 Å². The van der Waals surface area contributed by atoms with Crippen LogP contribution in [0.1, 0.15) is 27.0 Å². The summed E-state index contributed by atoms with van der Waals surface area (Å²) in [4.78, 5) is 16.9. The number of nitrogens with one attached hydrogen (secondary N) is 1. The van der Waals surface area contributed by atoms with E-state index in [1.807, 2.05) is 32.3 Å². The van der Waals surface area contributed by atoms with Gasteiger partial charge in [-0.3, -0.25) is 9.48 Å². The van der Waals surface area contributed by atoms with Gasteiger partial charge < -0.3 is 11.1 Å². The second-order valence-corrected chi connectivity index (χ2v) is 7.74. The average Bonchev–Trinajstić information content (AvgIpc) is 3.22. The van der Waals surface area contributed by atoms with Gasteiger partial charge in [0.1, 0.15) is 5.82 Å². The number of rotatable bonds is 3. The molecule has 6 nitrogen and oxygen atoms in total. The van der Waals surface area contributed by atoms with Crippen molar-refractivity contribution in [2.24, 2.45) is 7.05 Å². The molecule has 0 unspecified atom stereocenters. The van der Waals surface area contributed by atoms with Crippen molar-refractivity contribution in [3.05, 3.63) is 94.4 Å². The molecule has 32 heavy (non-hydrogen) atoms. The van der Waals surface area contributed by atoms with Crippen LogP contribution in [0, 0.1) is 18.8 Å². The molecular weight excluding hydrogens is 422 g/mol. The van der Waals surface area contributed by atoms with E-state index >= 15 is 0 Å². The monoisotopic (exact) mass is 441 g/mol. The van der Waals surface area contributed by atoms with Crippen molar-refractivity contribution in [2.75, 3.05) is 11.1 Å². The van der Waals surface area contributed by atoms with Crippen LogP contribution < -0.4 is 11.1 Å². The van der Waals surface area contributed by atoms with Crippen molar-refractivity contribution in [2.45, 2.75) is 6.92 Å². The minimum atomic E-state index is -0.227. The number of hydrogen-bond donors (Lipinski definition) is 2. The highest BCUT2D eigenvalue weighted by atomic mass is 35.5. The lowest BCUT2D eigenvalue weighted by Crippen LogP contribution is -2.12. The van der Waals surface area contributed by atoms with E-state index in [2.05, 4.69) is 27.2 Å². The Labute approximate surface area is 191 Å². The molecule has 3 N–H and O–H groups in total. The van der Waals surface area contributed by atoms with E-state index in [9.17, 15) is 4.79 Å². The van der Waals surface area contributed by atoms with Crippen molar-refractivity contribution < 1.29 is 4.79 Å². The van der Waals surface area contributed by atoms with Crippen LogP contribution in [0.4, 0.5) is 11.5 Å². The third-order valence-corrected chi connectivity index (χ3v) is 5.14. The molecule has 7 heteroatoms. The number of pyridine rings is 1. The molecule has 0 fully saturated rings. The first-order valence-corrected chi connectivity index (χ1v) is 10.2. The van der Waals surface area contributed by atoms with Gasteiger partial charge in [-0.05, 0) is 55.0 Å². The van der Waals surface area contributed by atoms with Crippen molar-refractivity contribution >= 4 is 29.0 Å². The molecule has 0 saturated heterocycles. The smallest absolute Gasteiger partial charge is 0.255 e. The largest absolute Gasteiger partial charge is 0.383 e. The van der Waals surface area contributed by atoms with E-state index < -0.39 is 0 Å². The lowest BCUT2D eigenvalue weighted by molar-refractivity contribution is 0.102. The SMILES string of the molecule is Cc1ccc(C(=O)Nc2ccc(Cl)cc2)cc1C#Cc1cc(-c2cnn(C)c2)cnc1N. The maximum atomic E-state index is 12.7. The predicted octanol–water partition coefficient (Wildman–Crippen LogP) is 4.68. The highest BCUT2D eigenvalue weighted by molar-refractivity contribution is 6.30. The van der Waals surface area contributed by atoms with Gasteiger partial charge >= 0.3 is 0 Å². The summed E-state index contributed by atoms with van der Waals surface area (Å²) in [5.74, 6) is 6.35. The number of aryl methyl sites for hydroxylation is 2. The summed E-state index contributed by atoms with van der Waals surface area (Å²) in [6, 6.07) is 14.2. The predicted molar refractivity (Wildman–Crippen MR) is 127 cm³/mol. The number of halogens is 1. The highest BCUT2D eigenvalue weighted by Crippen LogP contribution is 2.21. The molecule has 2 heterocycles. The first-order chi connectivity index (χ1) is 15.4. The molecule has 0 radical (unpaired) electrons. The number of aromatic nitrogens is 3. The number of carbonyl (C=O) groups excluding carboxylic acids is 1. The van der Waals surface area contributed by atoms with Crippen LogP contribution in [0.25, 0.3) is 11.1 Å². The van der Waals surface area contributed by atoms with Gasteiger partial charge in [0.2, 0.25) is 0 Å². The van der Waals surface area contributed by atoms with Gasteiger partial charge in [-0.15, -0.1) is 0 Å². The molecule has 158 valence electrons. The van der Waals surface area contributed by atoms with Crippen LogP contribution >= 0.6 is 11.6 Å². The fourth-order valence-corrected chi connectivity index (χ4v) is 3.20. The van der Waals surface area contributed by atoms with E-state index in [1.54, 1.807) is 53.5 Å². The summed E-state index contributed by atoms with van der Waals surface area (Å²) in [5.41, 5.74) is 11.3. The van der Waals surface area contributed by atoms with Crippen LogP contribution in [-0.2, 0) is 7.05 Å². The van der Waals surface area contributed by atoms with Crippen molar-refractivity contribution in [1.29, 1.82) is 0 Å². The Bertz CT molecular complexity index is 1360. The summed E-state index contributed by atoms with van der Waals surface area (Å²) in [6.45, 7) is 1.94. The van der Waals surface area contributed by atoms with Gasteiger partial charge in [0.05, 0.1) is 11.8 Å². The molecule has 4 aromatic rings. The van der Waals surface area contributed by atoms with Crippen LogP contribution in [0.2, 0.25) is 5.02 Å². The molecule has 0 aliphatic heterocycles. The van der Waals surface area contributed by atoms with Crippen molar-refractivity contribution in [3.63, 3.8) is 0 Å². The normalized spacial score (nSPS) is 10.3. The number of amides is 1. The Kier molecular flexibility index (Phi) is 5.93. The summed E-state index contributed by atoms with van der Waals surface area (Å²) in [6.07, 6.45) is 5.36. The second-order valence-electron chi connectivity index (χ2n) is 7.30. The summed E-state index contributed by atoms with van der Waals surface area (Å²) in [7, 11) is 1.85. The molecule has 2 aromatic carbocycles. The first-order valence-electron chi connectivity index (χ1n) is 9.83.